The molecule has 3 nitrogen and oxygen atoms in total. The minimum atomic E-state index is 0.0656. The summed E-state index contributed by atoms with van der Waals surface area (Å²) >= 11 is 4.98. The Balaban J connectivity index is 1.67. The van der Waals surface area contributed by atoms with Crippen LogP contribution < -0.4 is 5.73 Å². The normalized spacial score (nSPS) is 26.8. The molecule has 1 aromatic rings. The number of carbonyl (C=O) groups excluding carboxylic acids is 1. The predicted octanol–water partition coefficient (Wildman–Crippen LogP) is 2.83. The molecule has 21 heavy (non-hydrogen) atoms. The van der Waals surface area contributed by atoms with Gasteiger partial charge in [0.05, 0.1) is 0 Å². The van der Waals surface area contributed by atoms with Gasteiger partial charge in [0.25, 0.3) is 5.91 Å². The van der Waals surface area contributed by atoms with Crippen molar-refractivity contribution in [3.05, 3.63) is 35.4 Å². The molecule has 3 atom stereocenters. The Morgan fingerprint density at radius 2 is 2.10 bits per heavy atom. The summed E-state index contributed by atoms with van der Waals surface area (Å²) in [7, 11) is 1.90. The van der Waals surface area contributed by atoms with Crippen molar-refractivity contribution in [2.24, 2.45) is 23.5 Å². The lowest BCUT2D eigenvalue weighted by atomic mass is 9.88. The van der Waals surface area contributed by atoms with E-state index >= 15 is 0 Å². The molecule has 112 valence electrons. The number of benzene rings is 1. The topological polar surface area (TPSA) is 46.3 Å². The van der Waals surface area contributed by atoms with Crippen molar-refractivity contribution in [1.29, 1.82) is 0 Å². The second kappa shape index (κ2) is 5.76. The SMILES string of the molecule is CN(CC1CC2CCC1C2)C(=O)c1cccc(C(N)=S)c1. The van der Waals surface area contributed by atoms with Crippen molar-refractivity contribution in [2.75, 3.05) is 13.6 Å². The van der Waals surface area contributed by atoms with Crippen LogP contribution in [0.25, 0.3) is 0 Å². The van der Waals surface area contributed by atoms with Crippen LogP contribution >= 0.6 is 12.2 Å². The number of carbonyl (C=O) groups is 1. The van der Waals surface area contributed by atoms with Gasteiger partial charge in [-0.05, 0) is 49.1 Å². The Morgan fingerprint density at radius 3 is 2.71 bits per heavy atom. The molecule has 2 N–H and O–H groups in total. The van der Waals surface area contributed by atoms with Crippen molar-refractivity contribution in [1.82, 2.24) is 4.90 Å². The molecule has 2 fully saturated rings. The molecule has 3 unspecified atom stereocenters. The molecule has 2 bridgehead atoms. The summed E-state index contributed by atoms with van der Waals surface area (Å²) in [6, 6.07) is 7.31. The average Bonchev–Trinajstić information content (AvgIpc) is 3.09. The fraction of sp³-hybridized carbons (Fsp3) is 0.529. The lowest BCUT2D eigenvalue weighted by molar-refractivity contribution is 0.0754. The van der Waals surface area contributed by atoms with Gasteiger partial charge in [0, 0.05) is 24.7 Å². The summed E-state index contributed by atoms with van der Waals surface area (Å²) in [5.74, 6) is 2.52. The number of rotatable bonds is 4. The molecule has 2 saturated carbocycles. The van der Waals surface area contributed by atoms with Crippen LogP contribution in [0.5, 0.6) is 0 Å². The van der Waals surface area contributed by atoms with Gasteiger partial charge in [0.2, 0.25) is 0 Å². The molecule has 0 aliphatic heterocycles. The Kier molecular flexibility index (Phi) is 3.98. The largest absolute Gasteiger partial charge is 0.389 e. The summed E-state index contributed by atoms with van der Waals surface area (Å²) in [5.41, 5.74) is 7.06. The maximum absolute atomic E-state index is 12.6. The van der Waals surface area contributed by atoms with Gasteiger partial charge in [-0.25, -0.2) is 0 Å². The van der Waals surface area contributed by atoms with Crippen LogP contribution in [0.3, 0.4) is 0 Å². The van der Waals surface area contributed by atoms with Crippen LogP contribution in [0.15, 0.2) is 24.3 Å². The number of fused-ring (bicyclic) bond motifs is 2. The van der Waals surface area contributed by atoms with Crippen LogP contribution in [0.2, 0.25) is 0 Å². The first kappa shape index (κ1) is 14.5. The Labute approximate surface area is 131 Å². The minimum Gasteiger partial charge on any atom is -0.389 e. The van der Waals surface area contributed by atoms with Crippen LogP contribution in [0.4, 0.5) is 0 Å². The van der Waals surface area contributed by atoms with Gasteiger partial charge in [-0.15, -0.1) is 0 Å². The minimum absolute atomic E-state index is 0.0656. The van der Waals surface area contributed by atoms with Gasteiger partial charge in [-0.1, -0.05) is 30.8 Å². The monoisotopic (exact) mass is 302 g/mol. The molecular formula is C17H22N2OS. The zero-order valence-electron chi connectivity index (χ0n) is 12.4. The first-order valence-electron chi connectivity index (χ1n) is 7.70. The molecule has 0 spiro atoms. The van der Waals surface area contributed by atoms with Gasteiger partial charge in [-0.2, -0.15) is 0 Å². The van der Waals surface area contributed by atoms with Crippen molar-refractivity contribution < 1.29 is 4.79 Å². The number of nitrogens with two attached hydrogens (primary N) is 1. The third-order valence-electron chi connectivity index (χ3n) is 5.13. The lowest BCUT2D eigenvalue weighted by Crippen LogP contribution is -2.33. The van der Waals surface area contributed by atoms with E-state index in [4.69, 9.17) is 18.0 Å². The van der Waals surface area contributed by atoms with E-state index in [1.54, 1.807) is 6.07 Å². The van der Waals surface area contributed by atoms with Crippen molar-refractivity contribution in [3.63, 3.8) is 0 Å². The smallest absolute Gasteiger partial charge is 0.253 e. The standard InChI is InChI=1S/C17H22N2OS/c1-19(10-15-8-11-5-6-12(15)7-11)17(20)14-4-2-3-13(9-14)16(18)21/h2-4,9,11-12,15H,5-8,10H2,1H3,(H2,18,21). The van der Waals surface area contributed by atoms with E-state index in [2.05, 4.69) is 0 Å². The molecule has 2 aliphatic rings. The fourth-order valence-corrected chi connectivity index (χ4v) is 4.19. The highest BCUT2D eigenvalue weighted by atomic mass is 32.1. The quantitative estimate of drug-likeness (QED) is 0.870. The van der Waals surface area contributed by atoms with Gasteiger partial charge in [-0.3, -0.25) is 4.79 Å². The van der Waals surface area contributed by atoms with Gasteiger partial charge in [0.15, 0.2) is 0 Å². The zero-order chi connectivity index (χ0) is 15.0. The second-order valence-electron chi connectivity index (χ2n) is 6.57. The van der Waals surface area contributed by atoms with Crippen LogP contribution in [0, 0.1) is 17.8 Å². The number of hydrogen-bond acceptors (Lipinski definition) is 2. The average molecular weight is 302 g/mol. The van der Waals surface area contributed by atoms with Crippen LogP contribution in [0.1, 0.15) is 41.6 Å². The van der Waals surface area contributed by atoms with Gasteiger partial charge in [0.1, 0.15) is 4.99 Å². The number of amides is 1. The Bertz CT molecular complexity index is 572. The summed E-state index contributed by atoms with van der Waals surface area (Å²) in [6.07, 6.45) is 5.43. The van der Waals surface area contributed by atoms with E-state index < -0.39 is 0 Å². The first-order valence-corrected chi connectivity index (χ1v) is 8.10. The molecule has 1 amide bonds. The maximum atomic E-state index is 12.6. The lowest BCUT2D eigenvalue weighted by Gasteiger charge is -2.27. The molecule has 3 rings (SSSR count). The highest BCUT2D eigenvalue weighted by Gasteiger charge is 2.40. The van der Waals surface area contributed by atoms with E-state index in [-0.39, 0.29) is 5.91 Å². The summed E-state index contributed by atoms with van der Waals surface area (Å²) in [5, 5.41) is 0. The van der Waals surface area contributed by atoms with E-state index in [1.807, 2.05) is 30.1 Å². The van der Waals surface area contributed by atoms with Crippen molar-refractivity contribution in [3.8, 4) is 0 Å². The fourth-order valence-electron chi connectivity index (χ4n) is 4.06. The molecular weight excluding hydrogens is 280 g/mol. The molecule has 0 heterocycles. The van der Waals surface area contributed by atoms with Crippen LogP contribution in [-0.2, 0) is 0 Å². The molecule has 2 aliphatic carbocycles. The van der Waals surface area contributed by atoms with E-state index in [9.17, 15) is 4.79 Å². The molecule has 0 saturated heterocycles. The third-order valence-corrected chi connectivity index (χ3v) is 5.37. The Hall–Kier alpha value is -1.42. The van der Waals surface area contributed by atoms with Gasteiger partial charge < -0.3 is 10.6 Å². The van der Waals surface area contributed by atoms with E-state index in [0.29, 0.717) is 16.5 Å². The summed E-state index contributed by atoms with van der Waals surface area (Å²) in [4.78, 5) is 14.8. The first-order chi connectivity index (χ1) is 10.0. The second-order valence-corrected chi connectivity index (χ2v) is 7.01. The summed E-state index contributed by atoms with van der Waals surface area (Å²) in [6.45, 7) is 0.872. The number of hydrogen-bond donors (Lipinski definition) is 1. The number of thiocarbonyl (C=S) groups is 1. The third kappa shape index (κ3) is 2.95. The maximum Gasteiger partial charge on any atom is 0.253 e. The highest BCUT2D eigenvalue weighted by molar-refractivity contribution is 7.80. The molecule has 1 aromatic carbocycles. The highest BCUT2D eigenvalue weighted by Crippen LogP contribution is 2.48. The molecule has 0 aromatic heterocycles. The molecule has 4 heteroatoms. The number of nitrogens with zero attached hydrogens (tertiary/aromatic N) is 1. The van der Waals surface area contributed by atoms with Crippen LogP contribution in [-0.4, -0.2) is 29.4 Å². The summed E-state index contributed by atoms with van der Waals surface area (Å²) < 4.78 is 0. The molecule has 0 radical (unpaired) electrons. The predicted molar refractivity (Wildman–Crippen MR) is 88.2 cm³/mol. The van der Waals surface area contributed by atoms with Crippen molar-refractivity contribution >= 4 is 23.1 Å². The van der Waals surface area contributed by atoms with E-state index in [1.165, 1.54) is 25.7 Å². The van der Waals surface area contributed by atoms with Crippen molar-refractivity contribution in [2.45, 2.75) is 25.7 Å². The van der Waals surface area contributed by atoms with Gasteiger partial charge >= 0.3 is 0 Å². The zero-order valence-corrected chi connectivity index (χ0v) is 13.2. The van der Waals surface area contributed by atoms with E-state index in [0.717, 1.165) is 23.9 Å². The Morgan fingerprint density at radius 1 is 1.33 bits per heavy atom.